The summed E-state index contributed by atoms with van der Waals surface area (Å²) < 4.78 is 50.2. The van der Waals surface area contributed by atoms with Gasteiger partial charge in [-0.25, -0.2) is 0 Å². The van der Waals surface area contributed by atoms with Gasteiger partial charge in [0.15, 0.2) is 0 Å². The van der Waals surface area contributed by atoms with Crippen molar-refractivity contribution in [3.05, 3.63) is 36.4 Å². The number of pyridine rings is 1. The molecule has 1 heterocycles. The number of alkyl halides is 3. The minimum Gasteiger partial charge on any atom is -0.481 e. The Hall–Kier alpha value is -2.64. The van der Waals surface area contributed by atoms with Crippen LogP contribution in [0.5, 0.6) is 23.3 Å². The van der Waals surface area contributed by atoms with Gasteiger partial charge in [-0.1, -0.05) is 0 Å². The number of nitrogens with zero attached hydrogens (tertiary/aromatic N) is 1. The fourth-order valence-corrected chi connectivity index (χ4v) is 1.45. The standard InChI is InChI=1S/C13H11F3N2O3/c1-19-11-7-6-10(17)12(18-11)20-8-2-4-9(5-3-8)21-13(14,15)16/h2-7H,17H2,1H3. The van der Waals surface area contributed by atoms with Crippen molar-refractivity contribution >= 4 is 5.69 Å². The van der Waals surface area contributed by atoms with Crippen LogP contribution >= 0.6 is 0 Å². The van der Waals surface area contributed by atoms with Crippen molar-refractivity contribution < 1.29 is 27.4 Å². The molecule has 0 atom stereocenters. The van der Waals surface area contributed by atoms with Gasteiger partial charge in [0.05, 0.1) is 12.8 Å². The van der Waals surface area contributed by atoms with Gasteiger partial charge in [-0.15, -0.1) is 13.2 Å². The van der Waals surface area contributed by atoms with Crippen LogP contribution in [0.2, 0.25) is 0 Å². The Kier molecular flexibility index (Phi) is 4.06. The van der Waals surface area contributed by atoms with E-state index in [4.69, 9.17) is 15.2 Å². The first-order valence-corrected chi connectivity index (χ1v) is 5.71. The number of aromatic nitrogens is 1. The molecule has 2 N–H and O–H groups in total. The summed E-state index contributed by atoms with van der Waals surface area (Å²) in [5.41, 5.74) is 5.96. The number of nitrogen functional groups attached to an aromatic ring is 1. The van der Waals surface area contributed by atoms with E-state index in [0.29, 0.717) is 5.88 Å². The number of benzene rings is 1. The minimum atomic E-state index is -4.73. The first-order valence-electron chi connectivity index (χ1n) is 5.71. The average Bonchev–Trinajstić information content (AvgIpc) is 2.42. The number of anilines is 1. The largest absolute Gasteiger partial charge is 0.573 e. The van der Waals surface area contributed by atoms with Gasteiger partial charge in [-0.2, -0.15) is 4.98 Å². The van der Waals surface area contributed by atoms with E-state index in [2.05, 4.69) is 9.72 Å². The van der Waals surface area contributed by atoms with Crippen molar-refractivity contribution in [2.45, 2.75) is 6.36 Å². The Labute approximate surface area is 118 Å². The van der Waals surface area contributed by atoms with E-state index in [1.165, 1.54) is 19.2 Å². The van der Waals surface area contributed by atoms with E-state index in [-0.39, 0.29) is 23.1 Å². The number of nitrogens with two attached hydrogens (primary N) is 1. The molecule has 0 bridgehead atoms. The second kappa shape index (κ2) is 5.78. The molecule has 1 aromatic heterocycles. The summed E-state index contributed by atoms with van der Waals surface area (Å²) in [7, 11) is 1.44. The van der Waals surface area contributed by atoms with Gasteiger partial charge in [-0.05, 0) is 30.3 Å². The molecule has 0 fully saturated rings. The Morgan fingerprint density at radius 3 is 2.19 bits per heavy atom. The third kappa shape index (κ3) is 4.16. The van der Waals surface area contributed by atoms with Crippen LogP contribution in [0.4, 0.5) is 18.9 Å². The average molecular weight is 300 g/mol. The molecule has 0 amide bonds. The van der Waals surface area contributed by atoms with Crippen LogP contribution in [0.1, 0.15) is 0 Å². The molecule has 21 heavy (non-hydrogen) atoms. The quantitative estimate of drug-likeness (QED) is 0.937. The molecule has 0 saturated heterocycles. The molecular weight excluding hydrogens is 289 g/mol. The third-order valence-corrected chi connectivity index (χ3v) is 2.35. The summed E-state index contributed by atoms with van der Waals surface area (Å²) in [6, 6.07) is 7.96. The van der Waals surface area contributed by atoms with Crippen LogP contribution in [0.25, 0.3) is 0 Å². The van der Waals surface area contributed by atoms with Crippen LogP contribution in [-0.2, 0) is 0 Å². The molecule has 0 aliphatic carbocycles. The molecule has 8 heteroatoms. The van der Waals surface area contributed by atoms with Crippen LogP contribution in [-0.4, -0.2) is 18.5 Å². The van der Waals surface area contributed by atoms with Gasteiger partial charge in [0.1, 0.15) is 11.5 Å². The molecule has 0 aliphatic rings. The van der Waals surface area contributed by atoms with Crippen molar-refractivity contribution in [1.29, 1.82) is 0 Å². The smallest absolute Gasteiger partial charge is 0.481 e. The SMILES string of the molecule is COc1ccc(N)c(Oc2ccc(OC(F)(F)F)cc2)n1. The third-order valence-electron chi connectivity index (χ3n) is 2.35. The fourth-order valence-electron chi connectivity index (χ4n) is 1.45. The minimum absolute atomic E-state index is 0.0961. The fraction of sp³-hybridized carbons (Fsp3) is 0.154. The van der Waals surface area contributed by atoms with E-state index in [1.807, 2.05) is 0 Å². The second-order valence-corrected chi connectivity index (χ2v) is 3.87. The Bertz CT molecular complexity index is 615. The molecule has 1 aromatic carbocycles. The van der Waals surface area contributed by atoms with Gasteiger partial charge in [0, 0.05) is 6.07 Å². The van der Waals surface area contributed by atoms with Crippen molar-refractivity contribution in [2.75, 3.05) is 12.8 Å². The molecule has 5 nitrogen and oxygen atoms in total. The van der Waals surface area contributed by atoms with Crippen LogP contribution in [0.3, 0.4) is 0 Å². The predicted octanol–water partition coefficient (Wildman–Crippen LogP) is 3.36. The summed E-state index contributed by atoms with van der Waals surface area (Å²) in [5, 5.41) is 0. The molecule has 2 rings (SSSR count). The molecule has 0 aliphatic heterocycles. The topological polar surface area (TPSA) is 66.6 Å². The van der Waals surface area contributed by atoms with Gasteiger partial charge < -0.3 is 19.9 Å². The van der Waals surface area contributed by atoms with Gasteiger partial charge in [-0.3, -0.25) is 0 Å². The first-order chi connectivity index (χ1) is 9.87. The number of methoxy groups -OCH3 is 1. The summed E-state index contributed by atoms with van der Waals surface area (Å²) in [5.74, 6) is 0.313. The van der Waals surface area contributed by atoms with Gasteiger partial charge >= 0.3 is 6.36 Å². The van der Waals surface area contributed by atoms with Crippen molar-refractivity contribution in [3.8, 4) is 23.3 Å². The number of rotatable bonds is 4. The second-order valence-electron chi connectivity index (χ2n) is 3.87. The highest BCUT2D eigenvalue weighted by molar-refractivity contribution is 5.51. The van der Waals surface area contributed by atoms with Gasteiger partial charge in [0.25, 0.3) is 0 Å². The zero-order valence-corrected chi connectivity index (χ0v) is 10.8. The Morgan fingerprint density at radius 2 is 1.62 bits per heavy atom. The summed E-state index contributed by atoms with van der Waals surface area (Å²) in [6.45, 7) is 0. The lowest BCUT2D eigenvalue weighted by molar-refractivity contribution is -0.274. The maximum Gasteiger partial charge on any atom is 0.573 e. The van der Waals surface area contributed by atoms with Crippen LogP contribution < -0.4 is 19.9 Å². The van der Waals surface area contributed by atoms with Crippen molar-refractivity contribution in [2.24, 2.45) is 0 Å². The van der Waals surface area contributed by atoms with Crippen LogP contribution in [0.15, 0.2) is 36.4 Å². The van der Waals surface area contributed by atoms with E-state index >= 15 is 0 Å². The summed E-state index contributed by atoms with van der Waals surface area (Å²) in [4.78, 5) is 3.99. The summed E-state index contributed by atoms with van der Waals surface area (Å²) in [6.07, 6.45) is -4.73. The maximum absolute atomic E-state index is 12.0. The lowest BCUT2D eigenvalue weighted by Crippen LogP contribution is -2.16. The molecule has 0 saturated carbocycles. The summed E-state index contributed by atoms with van der Waals surface area (Å²) >= 11 is 0. The Balaban J connectivity index is 2.13. The van der Waals surface area contributed by atoms with Crippen LogP contribution in [0, 0.1) is 0 Å². The zero-order chi connectivity index (χ0) is 15.5. The van der Waals surface area contributed by atoms with E-state index in [0.717, 1.165) is 12.1 Å². The lowest BCUT2D eigenvalue weighted by Gasteiger charge is -2.11. The van der Waals surface area contributed by atoms with E-state index < -0.39 is 6.36 Å². The highest BCUT2D eigenvalue weighted by Gasteiger charge is 2.30. The number of halogens is 3. The van der Waals surface area contributed by atoms with E-state index in [1.54, 1.807) is 12.1 Å². The highest BCUT2D eigenvalue weighted by Crippen LogP contribution is 2.30. The van der Waals surface area contributed by atoms with Crippen molar-refractivity contribution in [3.63, 3.8) is 0 Å². The normalized spacial score (nSPS) is 11.0. The molecule has 112 valence electrons. The Morgan fingerprint density at radius 1 is 1.00 bits per heavy atom. The molecule has 0 unspecified atom stereocenters. The molecule has 0 radical (unpaired) electrons. The highest BCUT2D eigenvalue weighted by atomic mass is 19.4. The van der Waals surface area contributed by atoms with Gasteiger partial charge in [0.2, 0.25) is 11.8 Å². The molecule has 0 spiro atoms. The molecular formula is C13H11F3N2O3. The van der Waals surface area contributed by atoms with E-state index in [9.17, 15) is 13.2 Å². The number of ether oxygens (including phenoxy) is 3. The lowest BCUT2D eigenvalue weighted by atomic mass is 10.3. The number of hydrogen-bond donors (Lipinski definition) is 1. The van der Waals surface area contributed by atoms with Crippen molar-refractivity contribution in [1.82, 2.24) is 4.98 Å². The monoisotopic (exact) mass is 300 g/mol. The predicted molar refractivity (Wildman–Crippen MR) is 68.4 cm³/mol. The number of hydrogen-bond acceptors (Lipinski definition) is 5. The zero-order valence-electron chi connectivity index (χ0n) is 10.8. The maximum atomic E-state index is 12.0. The first kappa shape index (κ1) is 14.8. The molecule has 2 aromatic rings.